The van der Waals surface area contributed by atoms with Gasteiger partial charge in [-0.2, -0.15) is 0 Å². The Balaban J connectivity index is 0. The van der Waals surface area contributed by atoms with Crippen LogP contribution >= 0.6 is 0 Å². The van der Waals surface area contributed by atoms with Crippen LogP contribution in [-0.2, 0) is 0 Å². The minimum absolute atomic E-state index is 0. The summed E-state index contributed by atoms with van der Waals surface area (Å²) in [5, 5.41) is 0. The van der Waals surface area contributed by atoms with Gasteiger partial charge in [0.1, 0.15) is 0 Å². The molecular weight excluding hydrogens is 138 g/mol. The van der Waals surface area contributed by atoms with Crippen LogP contribution in [0.15, 0.2) is 0 Å². The fourth-order valence-electron chi connectivity index (χ4n) is 0. The van der Waals surface area contributed by atoms with Crippen LogP contribution in [0.1, 0.15) is 37.1 Å². The SMILES string of the molecule is C.C.C.C.C.[K].[K]. The van der Waals surface area contributed by atoms with E-state index in [0.29, 0.717) is 0 Å². The van der Waals surface area contributed by atoms with Crippen LogP contribution in [0.25, 0.3) is 0 Å². The summed E-state index contributed by atoms with van der Waals surface area (Å²) in [5.41, 5.74) is 0. The first-order chi connectivity index (χ1) is 0. The van der Waals surface area contributed by atoms with Crippen LogP contribution < -0.4 is 0 Å². The van der Waals surface area contributed by atoms with Crippen LogP contribution in [0.4, 0.5) is 0 Å². The normalized spacial score (nSPS) is 0. The monoisotopic (exact) mass is 158 g/mol. The summed E-state index contributed by atoms with van der Waals surface area (Å²) < 4.78 is 0. The van der Waals surface area contributed by atoms with E-state index < -0.39 is 0 Å². The summed E-state index contributed by atoms with van der Waals surface area (Å²) in [6.45, 7) is 0. The molecule has 0 aliphatic heterocycles. The van der Waals surface area contributed by atoms with Crippen LogP contribution in [-0.4, -0.2) is 103 Å². The second kappa shape index (κ2) is 59.2. The van der Waals surface area contributed by atoms with Crippen molar-refractivity contribution in [2.24, 2.45) is 0 Å². The molecule has 0 heterocycles. The van der Waals surface area contributed by atoms with E-state index in [1.807, 2.05) is 0 Å². The fourth-order valence-corrected chi connectivity index (χ4v) is 0. The molecule has 0 saturated carbocycles. The van der Waals surface area contributed by atoms with E-state index in [9.17, 15) is 0 Å². The summed E-state index contributed by atoms with van der Waals surface area (Å²) in [6.07, 6.45) is 0. The molecule has 0 atom stereocenters. The molecule has 0 bridgehead atoms. The molecule has 7 heavy (non-hydrogen) atoms. The first-order valence-corrected chi connectivity index (χ1v) is 0. The van der Waals surface area contributed by atoms with E-state index in [1.54, 1.807) is 0 Å². The van der Waals surface area contributed by atoms with E-state index in [0.717, 1.165) is 0 Å². The van der Waals surface area contributed by atoms with Gasteiger partial charge in [-0.05, 0) is 0 Å². The zero-order valence-corrected chi connectivity index (χ0v) is 8.25. The summed E-state index contributed by atoms with van der Waals surface area (Å²) >= 11 is 0. The van der Waals surface area contributed by atoms with Crippen molar-refractivity contribution in [1.29, 1.82) is 0 Å². The van der Waals surface area contributed by atoms with E-state index in [1.165, 1.54) is 0 Å². The topological polar surface area (TPSA) is 0 Å². The van der Waals surface area contributed by atoms with Crippen molar-refractivity contribution in [3.05, 3.63) is 0 Å². The van der Waals surface area contributed by atoms with Gasteiger partial charge in [0.15, 0.2) is 0 Å². The molecule has 0 aromatic heterocycles. The third-order valence-corrected chi connectivity index (χ3v) is 0. The van der Waals surface area contributed by atoms with Crippen molar-refractivity contribution in [1.82, 2.24) is 0 Å². The van der Waals surface area contributed by atoms with Gasteiger partial charge >= 0.3 is 0 Å². The maximum absolute atomic E-state index is 0. The summed E-state index contributed by atoms with van der Waals surface area (Å²) in [6, 6.07) is 0. The van der Waals surface area contributed by atoms with Crippen LogP contribution in [0.2, 0.25) is 0 Å². The molecular formula is C5H20K2. The van der Waals surface area contributed by atoms with E-state index >= 15 is 0 Å². The summed E-state index contributed by atoms with van der Waals surface area (Å²) in [5.74, 6) is 0. The standard InChI is InChI=1S/5CH4.2K/h5*1H4;;. The Morgan fingerprint density at radius 1 is 0.286 bits per heavy atom. The van der Waals surface area contributed by atoms with Crippen molar-refractivity contribution in [2.75, 3.05) is 0 Å². The third kappa shape index (κ3) is 45.8. The second-order valence-corrected chi connectivity index (χ2v) is 0. The van der Waals surface area contributed by atoms with Gasteiger partial charge < -0.3 is 0 Å². The average Bonchev–Trinajstić information content (AvgIpc) is 0. The number of hydrogen-bond donors (Lipinski definition) is 0. The molecule has 0 fully saturated rings. The average molecular weight is 158 g/mol. The Kier molecular flexibility index (Phi) is 698. The van der Waals surface area contributed by atoms with E-state index in [-0.39, 0.29) is 140 Å². The predicted molar refractivity (Wildman–Crippen MR) is 45.2 cm³/mol. The van der Waals surface area contributed by atoms with Crippen LogP contribution in [0, 0.1) is 0 Å². The van der Waals surface area contributed by atoms with Crippen LogP contribution in [0.3, 0.4) is 0 Å². The second-order valence-electron chi connectivity index (χ2n) is 0. The minimum atomic E-state index is 0. The van der Waals surface area contributed by atoms with Gasteiger partial charge in [-0.15, -0.1) is 0 Å². The zero-order chi connectivity index (χ0) is 0. The van der Waals surface area contributed by atoms with Gasteiger partial charge in [-0.3, -0.25) is 0 Å². The molecule has 0 aliphatic rings. The first-order valence-electron chi connectivity index (χ1n) is 0. The van der Waals surface area contributed by atoms with Crippen LogP contribution in [0.5, 0.6) is 0 Å². The Bertz CT molecular complexity index is 6.04. The minimum Gasteiger partial charge on any atom is -0.0776 e. The summed E-state index contributed by atoms with van der Waals surface area (Å²) in [4.78, 5) is 0. The molecule has 0 N–H and O–H groups in total. The van der Waals surface area contributed by atoms with Crippen molar-refractivity contribution in [3.63, 3.8) is 0 Å². The Morgan fingerprint density at radius 3 is 0.286 bits per heavy atom. The van der Waals surface area contributed by atoms with Crippen molar-refractivity contribution in [3.8, 4) is 0 Å². The van der Waals surface area contributed by atoms with Gasteiger partial charge in [0.2, 0.25) is 0 Å². The maximum atomic E-state index is 0. The Morgan fingerprint density at radius 2 is 0.286 bits per heavy atom. The quantitative estimate of drug-likeness (QED) is 0.475. The smallest absolute Gasteiger partial charge is 0 e. The molecule has 2 heteroatoms. The largest absolute Gasteiger partial charge is 0.0776 e. The molecule has 2 radical (unpaired) electrons. The van der Waals surface area contributed by atoms with Crippen molar-refractivity contribution in [2.45, 2.75) is 37.1 Å². The van der Waals surface area contributed by atoms with Gasteiger partial charge in [-0.1, -0.05) is 37.1 Å². The Labute approximate surface area is 136 Å². The molecule has 0 unspecified atom stereocenters. The maximum Gasteiger partial charge on any atom is 0 e. The van der Waals surface area contributed by atoms with Gasteiger partial charge in [0, 0.05) is 103 Å². The van der Waals surface area contributed by atoms with Crippen molar-refractivity contribution < 1.29 is 0 Å². The summed E-state index contributed by atoms with van der Waals surface area (Å²) in [7, 11) is 0. The molecule has 0 spiro atoms. The van der Waals surface area contributed by atoms with E-state index in [2.05, 4.69) is 0 Å². The van der Waals surface area contributed by atoms with Crippen molar-refractivity contribution >= 4 is 103 Å². The number of rotatable bonds is 0. The third-order valence-electron chi connectivity index (χ3n) is 0. The molecule has 0 amide bonds. The first kappa shape index (κ1) is 82.5. The van der Waals surface area contributed by atoms with Gasteiger partial charge in [-0.25, -0.2) is 0 Å². The Hall–Kier alpha value is 3.27. The molecule has 0 aromatic rings. The number of hydrogen-bond acceptors (Lipinski definition) is 0. The molecule has 0 rings (SSSR count). The van der Waals surface area contributed by atoms with Gasteiger partial charge in [0.25, 0.3) is 0 Å². The fraction of sp³-hybridized carbons (Fsp3) is 1.00. The molecule has 0 saturated heterocycles. The predicted octanol–water partition coefficient (Wildman–Crippen LogP) is 2.42. The molecule has 0 aromatic carbocycles. The van der Waals surface area contributed by atoms with E-state index in [4.69, 9.17) is 0 Å². The molecule has 0 aliphatic carbocycles. The zero-order valence-electron chi connectivity index (χ0n) is 2.00. The molecule has 42 valence electrons. The van der Waals surface area contributed by atoms with Gasteiger partial charge in [0.05, 0.1) is 0 Å². The molecule has 0 nitrogen and oxygen atoms in total.